The second-order valence-electron chi connectivity index (χ2n) is 9.43. The highest BCUT2D eigenvalue weighted by Gasteiger charge is 2.30. The largest absolute Gasteiger partial charge is 0.496 e. The second kappa shape index (κ2) is 9.25. The summed E-state index contributed by atoms with van der Waals surface area (Å²) in [6.07, 6.45) is 3.68. The van der Waals surface area contributed by atoms with Crippen LogP contribution in [0.1, 0.15) is 27.7 Å². The van der Waals surface area contributed by atoms with E-state index in [1.807, 2.05) is 37.6 Å². The molecule has 1 saturated heterocycles. The summed E-state index contributed by atoms with van der Waals surface area (Å²) in [5, 5.41) is 0.493. The number of carbonyl (C=O) groups excluding carboxylic acids is 1. The number of aromatic nitrogens is 2. The zero-order valence-corrected chi connectivity index (χ0v) is 21.2. The van der Waals surface area contributed by atoms with E-state index < -0.39 is 5.60 Å². The van der Waals surface area contributed by atoms with Gasteiger partial charge in [-0.25, -0.2) is 9.78 Å². The van der Waals surface area contributed by atoms with Crippen LogP contribution in [0.15, 0.2) is 36.7 Å². The predicted octanol–water partition coefficient (Wildman–Crippen LogP) is 5.12. The number of halogens is 1. The van der Waals surface area contributed by atoms with E-state index >= 15 is 0 Å². The van der Waals surface area contributed by atoms with Gasteiger partial charge in [0, 0.05) is 61.5 Å². The highest BCUT2D eigenvalue weighted by atomic mass is 35.5. The fraction of sp³-hybridized carbons (Fsp3) is 0.440. The molecule has 0 N–H and O–H groups in total. The van der Waals surface area contributed by atoms with E-state index in [2.05, 4.69) is 24.0 Å². The van der Waals surface area contributed by atoms with Crippen LogP contribution < -0.4 is 14.4 Å². The summed E-state index contributed by atoms with van der Waals surface area (Å²) in [5.74, 6) is 1.18. The Hall–Kier alpha value is -3.13. The molecule has 3 heterocycles. The van der Waals surface area contributed by atoms with Crippen molar-refractivity contribution in [3.63, 3.8) is 0 Å². The fourth-order valence-corrected chi connectivity index (χ4v) is 4.41. The molecule has 1 unspecified atom stereocenters. The van der Waals surface area contributed by atoms with Crippen molar-refractivity contribution in [2.75, 3.05) is 38.8 Å². The number of anilines is 1. The zero-order valence-electron chi connectivity index (χ0n) is 20.5. The molecule has 9 heteroatoms. The van der Waals surface area contributed by atoms with E-state index in [0.717, 1.165) is 22.6 Å². The third kappa shape index (κ3) is 4.87. The maximum Gasteiger partial charge on any atom is 0.410 e. The van der Waals surface area contributed by atoms with Crippen molar-refractivity contribution in [1.29, 1.82) is 0 Å². The number of pyridine rings is 1. The maximum absolute atomic E-state index is 12.5. The molecule has 0 spiro atoms. The van der Waals surface area contributed by atoms with E-state index in [1.165, 1.54) is 0 Å². The van der Waals surface area contributed by atoms with Gasteiger partial charge in [0.2, 0.25) is 0 Å². The number of hydrogen-bond donors (Lipinski definition) is 0. The Balaban J connectivity index is 1.57. The first-order valence-corrected chi connectivity index (χ1v) is 11.6. The monoisotopic (exact) mass is 486 g/mol. The SMILES string of the molecule is COc1cc(OC)c(-c2cn3ccc(N4CCN(C(=O)OC(C)(C)C)CC4C)cc3n2)cc1Cl. The Morgan fingerprint density at radius 3 is 2.50 bits per heavy atom. The average molecular weight is 487 g/mol. The first kappa shape index (κ1) is 24.0. The van der Waals surface area contributed by atoms with Gasteiger partial charge in [0.05, 0.1) is 24.9 Å². The normalized spacial score (nSPS) is 16.6. The van der Waals surface area contributed by atoms with Gasteiger partial charge in [-0.15, -0.1) is 0 Å². The molecule has 0 aliphatic carbocycles. The highest BCUT2D eigenvalue weighted by molar-refractivity contribution is 6.32. The smallest absolute Gasteiger partial charge is 0.410 e. The van der Waals surface area contributed by atoms with Gasteiger partial charge in [0.15, 0.2) is 0 Å². The van der Waals surface area contributed by atoms with Crippen LogP contribution in [-0.2, 0) is 4.74 Å². The summed E-state index contributed by atoms with van der Waals surface area (Å²) >= 11 is 6.36. The number of ether oxygens (including phenoxy) is 3. The molecule has 4 rings (SSSR count). The number of fused-ring (bicyclic) bond motifs is 1. The molecule has 8 nitrogen and oxygen atoms in total. The van der Waals surface area contributed by atoms with Crippen LogP contribution >= 0.6 is 11.6 Å². The first-order valence-electron chi connectivity index (χ1n) is 11.2. The molecular formula is C25H31ClN4O4. The molecule has 1 aliphatic heterocycles. The number of benzene rings is 1. The zero-order chi connectivity index (χ0) is 24.6. The molecule has 0 bridgehead atoms. The summed E-state index contributed by atoms with van der Waals surface area (Å²) in [4.78, 5) is 21.4. The molecule has 3 aromatic rings. The molecular weight excluding hydrogens is 456 g/mol. The van der Waals surface area contributed by atoms with Crippen molar-refractivity contribution < 1.29 is 19.0 Å². The summed E-state index contributed by atoms with van der Waals surface area (Å²) < 4.78 is 18.4. The number of imidazole rings is 1. The Kier molecular flexibility index (Phi) is 6.53. The summed E-state index contributed by atoms with van der Waals surface area (Å²) in [6, 6.07) is 7.83. The standard InChI is InChI=1S/C25H31ClN4O4/c1-16-14-29(24(31)34-25(2,3)4)9-10-30(16)17-7-8-28-15-20(27-23(28)11-17)18-12-19(26)22(33-6)13-21(18)32-5/h7-8,11-13,15-16H,9-10,14H2,1-6H3. The fourth-order valence-electron chi connectivity index (χ4n) is 4.17. The number of nitrogens with zero attached hydrogens (tertiary/aromatic N) is 4. The number of amides is 1. The number of methoxy groups -OCH3 is 2. The molecule has 0 saturated carbocycles. The van der Waals surface area contributed by atoms with Crippen LogP contribution in [0.5, 0.6) is 11.5 Å². The maximum atomic E-state index is 12.5. The molecule has 2 aromatic heterocycles. The predicted molar refractivity (Wildman–Crippen MR) is 133 cm³/mol. The molecule has 1 atom stereocenters. The number of piperazine rings is 1. The van der Waals surface area contributed by atoms with E-state index in [-0.39, 0.29) is 12.1 Å². The van der Waals surface area contributed by atoms with Crippen molar-refractivity contribution in [1.82, 2.24) is 14.3 Å². The summed E-state index contributed by atoms with van der Waals surface area (Å²) in [6.45, 7) is 9.68. The Morgan fingerprint density at radius 1 is 1.12 bits per heavy atom. The summed E-state index contributed by atoms with van der Waals surface area (Å²) in [5.41, 5.74) is 2.90. The van der Waals surface area contributed by atoms with Gasteiger partial charge in [-0.2, -0.15) is 0 Å². The van der Waals surface area contributed by atoms with Gasteiger partial charge in [0.1, 0.15) is 22.7 Å². The average Bonchev–Trinajstić information content (AvgIpc) is 3.21. The van der Waals surface area contributed by atoms with Crippen molar-refractivity contribution in [2.45, 2.75) is 39.3 Å². The van der Waals surface area contributed by atoms with Crippen LogP contribution in [0.25, 0.3) is 16.9 Å². The Morgan fingerprint density at radius 2 is 1.85 bits per heavy atom. The quantitative estimate of drug-likeness (QED) is 0.510. The van der Waals surface area contributed by atoms with Gasteiger partial charge in [-0.1, -0.05) is 11.6 Å². The Labute approximate surface area is 205 Å². The van der Waals surface area contributed by atoms with Crippen LogP contribution in [0.2, 0.25) is 5.02 Å². The third-order valence-electron chi connectivity index (χ3n) is 5.80. The highest BCUT2D eigenvalue weighted by Crippen LogP contribution is 2.38. The van der Waals surface area contributed by atoms with Crippen molar-refractivity contribution in [3.8, 4) is 22.8 Å². The molecule has 182 valence electrons. The lowest BCUT2D eigenvalue weighted by Gasteiger charge is -2.41. The number of carbonyl (C=O) groups is 1. The second-order valence-corrected chi connectivity index (χ2v) is 9.84. The minimum atomic E-state index is -0.502. The lowest BCUT2D eigenvalue weighted by molar-refractivity contribution is 0.0219. The van der Waals surface area contributed by atoms with E-state index in [9.17, 15) is 4.79 Å². The van der Waals surface area contributed by atoms with Gasteiger partial charge in [-0.3, -0.25) is 0 Å². The van der Waals surface area contributed by atoms with Crippen molar-refractivity contribution in [2.24, 2.45) is 0 Å². The molecule has 1 amide bonds. The minimum absolute atomic E-state index is 0.138. The molecule has 1 aliphatic rings. The van der Waals surface area contributed by atoms with E-state index in [4.69, 9.17) is 30.8 Å². The van der Waals surface area contributed by atoms with E-state index in [0.29, 0.717) is 36.2 Å². The van der Waals surface area contributed by atoms with Crippen molar-refractivity contribution in [3.05, 3.63) is 41.7 Å². The van der Waals surface area contributed by atoms with Crippen LogP contribution in [-0.4, -0.2) is 65.9 Å². The Bertz CT molecular complexity index is 1200. The molecule has 34 heavy (non-hydrogen) atoms. The van der Waals surface area contributed by atoms with Gasteiger partial charge >= 0.3 is 6.09 Å². The third-order valence-corrected chi connectivity index (χ3v) is 6.10. The lowest BCUT2D eigenvalue weighted by atomic mass is 10.1. The molecule has 0 radical (unpaired) electrons. The number of rotatable bonds is 4. The lowest BCUT2D eigenvalue weighted by Crippen LogP contribution is -2.54. The van der Waals surface area contributed by atoms with Gasteiger partial charge in [-0.05, 0) is 39.8 Å². The summed E-state index contributed by atoms with van der Waals surface area (Å²) in [7, 11) is 3.18. The van der Waals surface area contributed by atoms with Crippen LogP contribution in [0.3, 0.4) is 0 Å². The van der Waals surface area contributed by atoms with Gasteiger partial charge in [0.25, 0.3) is 0 Å². The van der Waals surface area contributed by atoms with Crippen LogP contribution in [0.4, 0.5) is 10.5 Å². The van der Waals surface area contributed by atoms with E-state index in [1.54, 1.807) is 31.3 Å². The number of hydrogen-bond acceptors (Lipinski definition) is 6. The minimum Gasteiger partial charge on any atom is -0.496 e. The topological polar surface area (TPSA) is 68.5 Å². The van der Waals surface area contributed by atoms with Crippen molar-refractivity contribution >= 4 is 29.0 Å². The van der Waals surface area contributed by atoms with Gasteiger partial charge < -0.3 is 28.4 Å². The van der Waals surface area contributed by atoms with Crippen LogP contribution in [0, 0.1) is 0 Å². The molecule has 1 fully saturated rings. The first-order chi connectivity index (χ1) is 16.1. The molecule has 1 aromatic carbocycles.